The topological polar surface area (TPSA) is 41.6 Å². The lowest BCUT2D eigenvalue weighted by atomic mass is 9.88. The number of hydrogen-bond acceptors (Lipinski definition) is 3. The molecule has 3 atom stereocenters. The van der Waals surface area contributed by atoms with Crippen molar-refractivity contribution in [2.45, 2.75) is 25.8 Å². The molecule has 0 radical (unpaired) electrons. The minimum atomic E-state index is 0.161. The highest BCUT2D eigenvalue weighted by atomic mass is 16.5. The van der Waals surface area contributed by atoms with E-state index >= 15 is 0 Å². The van der Waals surface area contributed by atoms with Crippen LogP contribution in [-0.2, 0) is 4.79 Å². The zero-order chi connectivity index (χ0) is 18.5. The van der Waals surface area contributed by atoms with Crippen LogP contribution in [-0.4, -0.2) is 37.6 Å². The van der Waals surface area contributed by atoms with Crippen molar-refractivity contribution in [2.24, 2.45) is 5.92 Å². The maximum absolute atomic E-state index is 11.9. The van der Waals surface area contributed by atoms with Crippen molar-refractivity contribution in [2.75, 3.05) is 26.7 Å². The van der Waals surface area contributed by atoms with Crippen LogP contribution in [0.5, 0.6) is 5.75 Å². The molecule has 1 heterocycles. The van der Waals surface area contributed by atoms with E-state index in [1.807, 2.05) is 23.1 Å². The van der Waals surface area contributed by atoms with Crippen LogP contribution >= 0.6 is 0 Å². The summed E-state index contributed by atoms with van der Waals surface area (Å²) >= 11 is 0. The molecule has 1 aliphatic rings. The molecule has 4 nitrogen and oxygen atoms in total. The van der Waals surface area contributed by atoms with E-state index in [4.69, 9.17) is 4.74 Å². The number of amides is 1. The highest BCUT2D eigenvalue weighted by Crippen LogP contribution is 2.33. The average molecular weight is 352 g/mol. The van der Waals surface area contributed by atoms with Gasteiger partial charge in [-0.15, -0.1) is 0 Å². The van der Waals surface area contributed by atoms with Crippen molar-refractivity contribution in [3.8, 4) is 5.75 Å². The maximum atomic E-state index is 11.9. The van der Waals surface area contributed by atoms with Crippen LogP contribution in [0.4, 0.5) is 0 Å². The molecular weight excluding hydrogens is 324 g/mol. The molecule has 1 amide bonds. The second-order valence-corrected chi connectivity index (χ2v) is 7.11. The Morgan fingerprint density at radius 2 is 1.96 bits per heavy atom. The summed E-state index contributed by atoms with van der Waals surface area (Å²) in [4.78, 5) is 13.9. The molecule has 2 unspecified atom stereocenters. The number of methoxy groups -OCH3 is 1. The number of benzene rings is 2. The quantitative estimate of drug-likeness (QED) is 0.863. The van der Waals surface area contributed by atoms with Crippen molar-refractivity contribution in [3.05, 3.63) is 65.7 Å². The predicted octanol–water partition coefficient (Wildman–Crippen LogP) is 3.61. The molecule has 0 saturated carbocycles. The van der Waals surface area contributed by atoms with Crippen molar-refractivity contribution in [3.63, 3.8) is 0 Å². The van der Waals surface area contributed by atoms with Gasteiger partial charge in [0.05, 0.1) is 7.11 Å². The van der Waals surface area contributed by atoms with E-state index < -0.39 is 0 Å². The predicted molar refractivity (Wildman–Crippen MR) is 104 cm³/mol. The van der Waals surface area contributed by atoms with Crippen LogP contribution in [0.3, 0.4) is 0 Å². The number of carbonyl (C=O) groups excluding carboxylic acids is 1. The standard InChI is InChI=1S/C22H28N2O2/c1-16(19-10-7-11-21(12-19)26-3)23-13-20-14-24(17(2)25)15-22(20)18-8-5-4-6-9-18/h4-12,16,20,22-23H,13-15H2,1-3H3/t16-,20?,22?/m1/s1. The molecular formula is C22H28N2O2. The second kappa shape index (κ2) is 8.37. The van der Waals surface area contributed by atoms with Crippen LogP contribution in [0, 0.1) is 5.92 Å². The Bertz CT molecular complexity index is 732. The van der Waals surface area contributed by atoms with E-state index in [0.717, 1.165) is 25.4 Å². The minimum absolute atomic E-state index is 0.161. The number of rotatable bonds is 6. The van der Waals surface area contributed by atoms with Gasteiger partial charge in [0.25, 0.3) is 0 Å². The fraction of sp³-hybridized carbons (Fsp3) is 0.409. The Kier molecular flexibility index (Phi) is 5.94. The van der Waals surface area contributed by atoms with Crippen molar-refractivity contribution >= 4 is 5.91 Å². The first-order valence-corrected chi connectivity index (χ1v) is 9.26. The first-order valence-electron chi connectivity index (χ1n) is 9.26. The van der Waals surface area contributed by atoms with Gasteiger partial charge in [0.15, 0.2) is 0 Å². The van der Waals surface area contributed by atoms with Crippen molar-refractivity contribution in [1.29, 1.82) is 0 Å². The van der Waals surface area contributed by atoms with Gasteiger partial charge in [0.2, 0.25) is 5.91 Å². The molecule has 0 aliphatic carbocycles. The van der Waals surface area contributed by atoms with Crippen LogP contribution < -0.4 is 10.1 Å². The average Bonchev–Trinajstić information content (AvgIpc) is 3.11. The third kappa shape index (κ3) is 4.25. The van der Waals surface area contributed by atoms with Gasteiger partial charge in [-0.2, -0.15) is 0 Å². The van der Waals surface area contributed by atoms with Gasteiger partial charge < -0.3 is 15.0 Å². The number of hydrogen-bond donors (Lipinski definition) is 1. The van der Waals surface area contributed by atoms with Gasteiger partial charge in [-0.25, -0.2) is 0 Å². The minimum Gasteiger partial charge on any atom is -0.497 e. The van der Waals surface area contributed by atoms with E-state index in [1.165, 1.54) is 11.1 Å². The summed E-state index contributed by atoms with van der Waals surface area (Å²) in [6.07, 6.45) is 0. The molecule has 0 aromatic heterocycles. The number of ether oxygens (including phenoxy) is 1. The molecule has 0 bridgehead atoms. The zero-order valence-corrected chi connectivity index (χ0v) is 15.8. The van der Waals surface area contributed by atoms with E-state index in [2.05, 4.69) is 48.6 Å². The molecule has 3 rings (SSSR count). The third-order valence-electron chi connectivity index (χ3n) is 5.39. The van der Waals surface area contributed by atoms with Crippen LogP contribution in [0.2, 0.25) is 0 Å². The van der Waals surface area contributed by atoms with E-state index in [-0.39, 0.29) is 11.9 Å². The summed E-state index contributed by atoms with van der Waals surface area (Å²) in [5, 5.41) is 3.66. The van der Waals surface area contributed by atoms with E-state index in [1.54, 1.807) is 14.0 Å². The summed E-state index contributed by atoms with van der Waals surface area (Å²) in [7, 11) is 1.69. The molecule has 1 saturated heterocycles. The molecule has 0 spiro atoms. The molecule has 1 aliphatic heterocycles. The van der Waals surface area contributed by atoms with Gasteiger partial charge in [-0.05, 0) is 36.1 Å². The first kappa shape index (κ1) is 18.5. The lowest BCUT2D eigenvalue weighted by Gasteiger charge is -2.22. The normalized spacial score (nSPS) is 20.8. The molecule has 138 valence electrons. The van der Waals surface area contributed by atoms with E-state index in [9.17, 15) is 4.79 Å². The summed E-state index contributed by atoms with van der Waals surface area (Å²) in [5.74, 6) is 1.83. The maximum Gasteiger partial charge on any atom is 0.219 e. The number of nitrogens with one attached hydrogen (secondary N) is 1. The van der Waals surface area contributed by atoms with E-state index in [0.29, 0.717) is 11.8 Å². The Morgan fingerprint density at radius 1 is 1.19 bits per heavy atom. The highest BCUT2D eigenvalue weighted by molar-refractivity contribution is 5.73. The highest BCUT2D eigenvalue weighted by Gasteiger charge is 2.34. The molecule has 2 aromatic carbocycles. The molecule has 1 fully saturated rings. The molecule has 26 heavy (non-hydrogen) atoms. The SMILES string of the molecule is COc1cccc([C@@H](C)NCC2CN(C(C)=O)CC2c2ccccc2)c1. The number of nitrogens with zero attached hydrogens (tertiary/aromatic N) is 1. The third-order valence-corrected chi connectivity index (χ3v) is 5.39. The lowest BCUT2D eigenvalue weighted by molar-refractivity contribution is -0.127. The van der Waals surface area contributed by atoms with Crippen molar-refractivity contribution < 1.29 is 9.53 Å². The molecule has 2 aromatic rings. The fourth-order valence-corrected chi connectivity index (χ4v) is 3.77. The zero-order valence-electron chi connectivity index (χ0n) is 15.8. The first-order chi connectivity index (χ1) is 12.6. The Hall–Kier alpha value is -2.33. The van der Waals surface area contributed by atoms with Gasteiger partial charge >= 0.3 is 0 Å². The molecule has 1 N–H and O–H groups in total. The van der Waals surface area contributed by atoms with Crippen LogP contribution in [0.1, 0.15) is 36.9 Å². The Labute approximate surface area is 156 Å². The number of carbonyl (C=O) groups is 1. The molecule has 4 heteroatoms. The lowest BCUT2D eigenvalue weighted by Crippen LogP contribution is -2.30. The largest absolute Gasteiger partial charge is 0.497 e. The number of likely N-dealkylation sites (tertiary alicyclic amines) is 1. The Balaban J connectivity index is 1.68. The monoisotopic (exact) mass is 352 g/mol. The van der Waals surface area contributed by atoms with Gasteiger partial charge in [-0.1, -0.05) is 42.5 Å². The van der Waals surface area contributed by atoms with Gasteiger partial charge in [-0.3, -0.25) is 4.79 Å². The van der Waals surface area contributed by atoms with Gasteiger partial charge in [0.1, 0.15) is 5.75 Å². The summed E-state index contributed by atoms with van der Waals surface area (Å²) < 4.78 is 5.33. The van der Waals surface area contributed by atoms with Crippen molar-refractivity contribution in [1.82, 2.24) is 10.2 Å². The smallest absolute Gasteiger partial charge is 0.219 e. The second-order valence-electron chi connectivity index (χ2n) is 7.11. The van der Waals surface area contributed by atoms with Gasteiger partial charge in [0, 0.05) is 38.5 Å². The van der Waals surface area contributed by atoms with Crippen LogP contribution in [0.25, 0.3) is 0 Å². The van der Waals surface area contributed by atoms with Crippen LogP contribution in [0.15, 0.2) is 54.6 Å². The Morgan fingerprint density at radius 3 is 2.65 bits per heavy atom. The summed E-state index contributed by atoms with van der Waals surface area (Å²) in [6.45, 7) is 6.33. The summed E-state index contributed by atoms with van der Waals surface area (Å²) in [5.41, 5.74) is 2.53. The summed E-state index contributed by atoms with van der Waals surface area (Å²) in [6, 6.07) is 18.9. The fourth-order valence-electron chi connectivity index (χ4n) is 3.77.